The molecule has 0 aliphatic heterocycles. The zero-order valence-electron chi connectivity index (χ0n) is 9.88. The highest BCUT2D eigenvalue weighted by Gasteiger charge is 2.00. The normalized spacial score (nSPS) is 10.9. The van der Waals surface area contributed by atoms with E-state index in [1.807, 2.05) is 44.2 Å². The Balaban J connectivity index is 2.32. The molecule has 86 valence electrons. The van der Waals surface area contributed by atoms with Gasteiger partial charge >= 0.3 is 0 Å². The molecule has 0 fully saturated rings. The van der Waals surface area contributed by atoms with E-state index in [2.05, 4.69) is 10.2 Å². The Labute approximate surface area is 100 Å². The van der Waals surface area contributed by atoms with E-state index < -0.39 is 0 Å². The molecule has 0 atom stereocenters. The predicted octanol–water partition coefficient (Wildman–Crippen LogP) is 4.42. The van der Waals surface area contributed by atoms with Crippen LogP contribution in [-0.2, 0) is 0 Å². The third kappa shape index (κ3) is 2.69. The van der Waals surface area contributed by atoms with Crippen molar-refractivity contribution in [3.05, 3.63) is 53.6 Å². The fourth-order valence-electron chi connectivity index (χ4n) is 1.50. The van der Waals surface area contributed by atoms with Crippen LogP contribution in [0.15, 0.2) is 52.7 Å². The molecule has 1 N–H and O–H groups in total. The van der Waals surface area contributed by atoms with Gasteiger partial charge in [0.25, 0.3) is 0 Å². The Morgan fingerprint density at radius 2 is 1.59 bits per heavy atom. The van der Waals surface area contributed by atoms with E-state index in [4.69, 9.17) is 0 Å². The van der Waals surface area contributed by atoms with Gasteiger partial charge in [0, 0.05) is 0 Å². The minimum atomic E-state index is 0.146. The van der Waals surface area contributed by atoms with Crippen molar-refractivity contribution in [2.75, 3.05) is 0 Å². The van der Waals surface area contributed by atoms with Crippen molar-refractivity contribution < 1.29 is 5.11 Å². The largest absolute Gasteiger partial charge is 0.506 e. The van der Waals surface area contributed by atoms with Gasteiger partial charge in [0.1, 0.15) is 11.4 Å². The van der Waals surface area contributed by atoms with Crippen molar-refractivity contribution in [1.29, 1.82) is 0 Å². The number of phenolic OH excluding ortho intramolecular Hbond substituents is 1. The van der Waals surface area contributed by atoms with E-state index in [0.717, 1.165) is 16.8 Å². The highest BCUT2D eigenvalue weighted by molar-refractivity contribution is 5.53. The van der Waals surface area contributed by atoms with Crippen LogP contribution in [0.25, 0.3) is 0 Å². The SMILES string of the molecule is Cc1ccc(O)c(/N=N/c2ccccc2C)c1. The molecular weight excluding hydrogens is 212 g/mol. The number of phenols is 1. The summed E-state index contributed by atoms with van der Waals surface area (Å²) in [6, 6.07) is 13.0. The molecule has 17 heavy (non-hydrogen) atoms. The molecule has 0 amide bonds. The fraction of sp³-hybridized carbons (Fsp3) is 0.143. The Kier molecular flexibility index (Phi) is 3.19. The van der Waals surface area contributed by atoms with Crippen molar-refractivity contribution in [2.45, 2.75) is 13.8 Å². The first-order valence-corrected chi connectivity index (χ1v) is 5.44. The number of hydrogen-bond acceptors (Lipinski definition) is 3. The monoisotopic (exact) mass is 226 g/mol. The lowest BCUT2D eigenvalue weighted by Gasteiger charge is -2.00. The molecule has 0 heterocycles. The number of azo groups is 1. The van der Waals surface area contributed by atoms with E-state index >= 15 is 0 Å². The summed E-state index contributed by atoms with van der Waals surface area (Å²) in [4.78, 5) is 0. The third-order valence-electron chi connectivity index (χ3n) is 2.51. The summed E-state index contributed by atoms with van der Waals surface area (Å²) < 4.78 is 0. The molecule has 0 unspecified atom stereocenters. The van der Waals surface area contributed by atoms with E-state index in [1.165, 1.54) is 0 Å². The van der Waals surface area contributed by atoms with Crippen LogP contribution in [0.1, 0.15) is 11.1 Å². The first-order valence-electron chi connectivity index (χ1n) is 5.44. The van der Waals surface area contributed by atoms with Gasteiger partial charge in [-0.3, -0.25) is 0 Å². The Morgan fingerprint density at radius 3 is 2.35 bits per heavy atom. The molecule has 0 aromatic heterocycles. The smallest absolute Gasteiger partial charge is 0.143 e. The Hall–Kier alpha value is -2.16. The average Bonchev–Trinajstić information content (AvgIpc) is 2.32. The topological polar surface area (TPSA) is 45.0 Å². The first kappa shape index (κ1) is 11.3. The van der Waals surface area contributed by atoms with Gasteiger partial charge in [-0.15, -0.1) is 5.11 Å². The van der Waals surface area contributed by atoms with Crippen molar-refractivity contribution >= 4 is 11.4 Å². The highest BCUT2D eigenvalue weighted by atomic mass is 16.3. The highest BCUT2D eigenvalue weighted by Crippen LogP contribution is 2.29. The maximum atomic E-state index is 9.63. The van der Waals surface area contributed by atoms with Gasteiger partial charge < -0.3 is 5.11 Å². The summed E-state index contributed by atoms with van der Waals surface area (Å²) in [5, 5.41) is 17.8. The number of aryl methyl sites for hydroxylation is 2. The second-order valence-electron chi connectivity index (χ2n) is 3.98. The van der Waals surface area contributed by atoms with Crippen LogP contribution in [0.2, 0.25) is 0 Å². The van der Waals surface area contributed by atoms with Gasteiger partial charge in [0.2, 0.25) is 0 Å². The van der Waals surface area contributed by atoms with Crippen LogP contribution in [0.5, 0.6) is 5.75 Å². The maximum absolute atomic E-state index is 9.63. The van der Waals surface area contributed by atoms with Gasteiger partial charge in [-0.2, -0.15) is 5.11 Å². The Morgan fingerprint density at radius 1 is 0.882 bits per heavy atom. The summed E-state index contributed by atoms with van der Waals surface area (Å²) in [6.45, 7) is 3.93. The molecule has 3 nitrogen and oxygen atoms in total. The molecule has 0 aliphatic carbocycles. The summed E-state index contributed by atoms with van der Waals surface area (Å²) in [5.74, 6) is 0.146. The number of benzene rings is 2. The summed E-state index contributed by atoms with van der Waals surface area (Å²) in [5.41, 5.74) is 3.41. The van der Waals surface area contributed by atoms with E-state index in [1.54, 1.807) is 12.1 Å². The number of aromatic hydroxyl groups is 1. The standard InChI is InChI=1S/C14H14N2O/c1-10-7-8-14(17)13(9-10)16-15-12-6-4-3-5-11(12)2/h3-9,17H,1-2H3/b16-15+. The predicted molar refractivity (Wildman–Crippen MR) is 68.2 cm³/mol. The molecule has 3 heteroatoms. The van der Waals surface area contributed by atoms with Crippen molar-refractivity contribution in [3.8, 4) is 5.75 Å². The molecule has 0 bridgehead atoms. The zero-order valence-corrected chi connectivity index (χ0v) is 9.88. The van der Waals surface area contributed by atoms with E-state index in [9.17, 15) is 5.11 Å². The van der Waals surface area contributed by atoms with Gasteiger partial charge in [0.15, 0.2) is 0 Å². The van der Waals surface area contributed by atoms with Crippen molar-refractivity contribution in [3.63, 3.8) is 0 Å². The second-order valence-corrected chi connectivity index (χ2v) is 3.98. The lowest BCUT2D eigenvalue weighted by molar-refractivity contribution is 0.476. The summed E-state index contributed by atoms with van der Waals surface area (Å²) >= 11 is 0. The second kappa shape index (κ2) is 4.78. The molecule has 0 radical (unpaired) electrons. The van der Waals surface area contributed by atoms with Gasteiger partial charge in [-0.25, -0.2) is 0 Å². The molecule has 0 aliphatic rings. The lowest BCUT2D eigenvalue weighted by Crippen LogP contribution is -1.73. The maximum Gasteiger partial charge on any atom is 0.143 e. The van der Waals surface area contributed by atoms with Crippen LogP contribution in [0.3, 0.4) is 0 Å². The summed E-state index contributed by atoms with van der Waals surface area (Å²) in [6.07, 6.45) is 0. The minimum Gasteiger partial charge on any atom is -0.506 e. The molecule has 0 spiro atoms. The number of hydrogen-bond donors (Lipinski definition) is 1. The van der Waals surface area contributed by atoms with Crippen LogP contribution >= 0.6 is 0 Å². The van der Waals surface area contributed by atoms with Gasteiger partial charge in [-0.1, -0.05) is 24.3 Å². The van der Waals surface area contributed by atoms with Crippen molar-refractivity contribution in [2.24, 2.45) is 10.2 Å². The van der Waals surface area contributed by atoms with Gasteiger partial charge in [-0.05, 0) is 43.2 Å². The molecule has 2 aromatic rings. The zero-order chi connectivity index (χ0) is 12.3. The third-order valence-corrected chi connectivity index (χ3v) is 2.51. The molecule has 2 rings (SSSR count). The fourth-order valence-corrected chi connectivity index (χ4v) is 1.50. The van der Waals surface area contributed by atoms with E-state index in [0.29, 0.717) is 5.69 Å². The lowest BCUT2D eigenvalue weighted by atomic mass is 10.2. The quantitative estimate of drug-likeness (QED) is 0.756. The van der Waals surface area contributed by atoms with Crippen LogP contribution < -0.4 is 0 Å². The minimum absolute atomic E-state index is 0.146. The van der Waals surface area contributed by atoms with Crippen molar-refractivity contribution in [1.82, 2.24) is 0 Å². The molecule has 2 aromatic carbocycles. The molecule has 0 saturated heterocycles. The molecular formula is C14H14N2O. The Bertz CT molecular complexity index is 562. The average molecular weight is 226 g/mol. The van der Waals surface area contributed by atoms with E-state index in [-0.39, 0.29) is 5.75 Å². The number of nitrogens with zero attached hydrogens (tertiary/aromatic N) is 2. The van der Waals surface area contributed by atoms with Crippen LogP contribution in [-0.4, -0.2) is 5.11 Å². The summed E-state index contributed by atoms with van der Waals surface area (Å²) in [7, 11) is 0. The molecule has 0 saturated carbocycles. The first-order chi connectivity index (χ1) is 8.16. The van der Waals surface area contributed by atoms with Gasteiger partial charge in [0.05, 0.1) is 5.69 Å². The van der Waals surface area contributed by atoms with Crippen LogP contribution in [0.4, 0.5) is 11.4 Å². The number of rotatable bonds is 2. The van der Waals surface area contributed by atoms with Crippen LogP contribution in [0, 0.1) is 13.8 Å².